The fraction of sp³-hybridized carbons (Fsp3) is 0.0698. The SMILES string of the molecule is CC1C=CC2=C(C1)Oc1ccccc1N1B2n2c3ccc(F)cc3c3c4c5c(c1c32)c1cc(F)ccc1n5[SH]1c2ccccc2Oc2ccccc2N41. The molecule has 0 radical (unpaired) electrons. The van der Waals surface area contributed by atoms with Crippen LogP contribution in [0.25, 0.3) is 43.6 Å². The van der Waals surface area contributed by atoms with Crippen molar-refractivity contribution in [1.82, 2.24) is 8.45 Å². The van der Waals surface area contributed by atoms with E-state index < -0.39 is 11.3 Å². The molecule has 13 rings (SSSR count). The lowest BCUT2D eigenvalue weighted by molar-refractivity contribution is 0.385. The molecule has 2 unspecified atom stereocenters. The molecule has 0 saturated carbocycles. The summed E-state index contributed by atoms with van der Waals surface area (Å²) in [6.07, 6.45) is 5.23. The Labute approximate surface area is 305 Å². The number of hydrogen-bond donors (Lipinski definition) is 1. The Kier molecular flexibility index (Phi) is 5.18. The second-order valence-electron chi connectivity index (χ2n) is 14.5. The maximum absolute atomic E-state index is 15.7. The Morgan fingerprint density at radius 1 is 0.698 bits per heavy atom. The van der Waals surface area contributed by atoms with E-state index in [2.05, 4.69) is 60.9 Å². The van der Waals surface area contributed by atoms with Crippen LogP contribution >= 0.6 is 11.3 Å². The summed E-state index contributed by atoms with van der Waals surface area (Å²) in [6, 6.07) is 34.9. The molecular weight excluding hydrogens is 685 g/mol. The maximum Gasteiger partial charge on any atom is 0.424 e. The highest BCUT2D eigenvalue weighted by Gasteiger charge is 2.50. The number of ether oxygens (including phenoxy) is 2. The number of allylic oxidation sites excluding steroid dienone is 4. The largest absolute Gasteiger partial charge is 0.460 e. The molecule has 254 valence electrons. The van der Waals surface area contributed by atoms with E-state index in [1.807, 2.05) is 60.7 Å². The molecule has 0 fully saturated rings. The Balaban J connectivity index is 1.30. The monoisotopic (exact) mass is 712 g/mol. The highest BCUT2D eigenvalue weighted by molar-refractivity contribution is 8.18. The first kappa shape index (κ1) is 28.5. The van der Waals surface area contributed by atoms with Gasteiger partial charge < -0.3 is 18.8 Å². The third-order valence-corrected chi connectivity index (χ3v) is 14.0. The molecular formula is C43H27BF2N4O2S. The Morgan fingerprint density at radius 2 is 1.36 bits per heavy atom. The minimum atomic E-state index is -1.34. The Hall–Kier alpha value is -6.13. The summed E-state index contributed by atoms with van der Waals surface area (Å²) in [5, 5.41) is 3.60. The number of thiol groups is 1. The van der Waals surface area contributed by atoms with Gasteiger partial charge in [-0.25, -0.2) is 8.78 Å². The third kappa shape index (κ3) is 3.37. The first-order valence-corrected chi connectivity index (χ1v) is 19.2. The van der Waals surface area contributed by atoms with Crippen molar-refractivity contribution in [1.29, 1.82) is 0 Å². The molecule has 8 aromatic rings. The number of aromatic nitrogens is 2. The summed E-state index contributed by atoms with van der Waals surface area (Å²) < 4.78 is 52.1. The fourth-order valence-corrected chi connectivity index (χ4v) is 12.2. The molecule has 53 heavy (non-hydrogen) atoms. The van der Waals surface area contributed by atoms with Crippen LogP contribution in [-0.2, 0) is 0 Å². The van der Waals surface area contributed by atoms with E-state index in [9.17, 15) is 0 Å². The number of halogens is 2. The van der Waals surface area contributed by atoms with Crippen LogP contribution in [0.1, 0.15) is 13.3 Å². The van der Waals surface area contributed by atoms with Crippen LogP contribution in [0.4, 0.5) is 31.5 Å². The molecule has 6 heterocycles. The average molecular weight is 713 g/mol. The number of anilines is 4. The van der Waals surface area contributed by atoms with Gasteiger partial charge in [-0.2, -0.15) is 0 Å². The van der Waals surface area contributed by atoms with Gasteiger partial charge >= 0.3 is 6.98 Å². The summed E-state index contributed by atoms with van der Waals surface area (Å²) in [6.45, 7) is 1.88. The topological polar surface area (TPSA) is 34.8 Å². The van der Waals surface area contributed by atoms with E-state index in [4.69, 9.17) is 9.47 Å². The molecule has 4 aliphatic heterocycles. The van der Waals surface area contributed by atoms with E-state index in [0.29, 0.717) is 5.92 Å². The van der Waals surface area contributed by atoms with E-state index in [1.54, 1.807) is 24.3 Å². The lowest BCUT2D eigenvalue weighted by Crippen LogP contribution is -2.40. The van der Waals surface area contributed by atoms with E-state index in [1.165, 1.54) is 0 Å². The number of nitrogens with zero attached hydrogens (tertiary/aromatic N) is 4. The van der Waals surface area contributed by atoms with Crippen molar-refractivity contribution in [2.75, 3.05) is 9.12 Å². The lowest BCUT2D eigenvalue weighted by Gasteiger charge is -2.32. The standard InChI is InChI=1S/C43H27BF2N4O2S/c1-23-14-17-28-36(20-23)52-33-10-4-2-8-31(33)48-41-39-27-22-25(46)16-19-30(27)49-42(39)43(38-26-21-24(45)15-18-29(26)47(40(38)41)44(28)48)50-32-9-3-5-11-34(32)51-35-12-6-7-13-37(35)53(49)50/h2-19,21-23,53H,20H2,1H3. The molecule has 10 heteroatoms. The van der Waals surface area contributed by atoms with Crippen molar-refractivity contribution in [3.05, 3.63) is 144 Å². The summed E-state index contributed by atoms with van der Waals surface area (Å²) >= 11 is -1.34. The summed E-state index contributed by atoms with van der Waals surface area (Å²) in [5.41, 5.74) is 8.73. The van der Waals surface area contributed by atoms with Crippen LogP contribution in [0.15, 0.2) is 137 Å². The van der Waals surface area contributed by atoms with Gasteiger partial charge in [-0.15, -0.1) is 0 Å². The van der Waals surface area contributed by atoms with Crippen molar-refractivity contribution in [3.63, 3.8) is 0 Å². The van der Waals surface area contributed by atoms with E-state index in [-0.39, 0.29) is 18.6 Å². The normalized spacial score (nSPS) is 19.5. The minimum absolute atomic E-state index is 0.295. The van der Waals surface area contributed by atoms with Gasteiger partial charge in [0, 0.05) is 39.0 Å². The van der Waals surface area contributed by atoms with Crippen LogP contribution in [-0.4, -0.2) is 15.4 Å². The lowest BCUT2D eigenvalue weighted by atomic mass is 9.62. The van der Waals surface area contributed by atoms with Gasteiger partial charge in [0.25, 0.3) is 0 Å². The number of rotatable bonds is 0. The zero-order valence-corrected chi connectivity index (χ0v) is 29.1. The smallest absolute Gasteiger partial charge is 0.424 e. The van der Waals surface area contributed by atoms with Gasteiger partial charge in [0.2, 0.25) is 0 Å². The summed E-state index contributed by atoms with van der Waals surface area (Å²) in [7, 11) is 0. The van der Waals surface area contributed by atoms with Gasteiger partial charge in [0.15, 0.2) is 5.75 Å². The Morgan fingerprint density at radius 3 is 2.17 bits per heavy atom. The fourth-order valence-electron chi connectivity index (χ4n) is 9.57. The molecule has 0 spiro atoms. The molecule has 0 amide bonds. The first-order chi connectivity index (χ1) is 26.0. The third-order valence-electron chi connectivity index (χ3n) is 11.6. The van der Waals surface area contributed by atoms with Crippen molar-refractivity contribution in [3.8, 4) is 17.2 Å². The van der Waals surface area contributed by atoms with Gasteiger partial charge in [0.05, 0.1) is 44.2 Å². The van der Waals surface area contributed by atoms with E-state index >= 15 is 8.78 Å². The molecule has 0 N–H and O–H groups in total. The zero-order chi connectivity index (χ0) is 34.9. The molecule has 1 aliphatic carbocycles. The number of para-hydroxylation sites is 5. The average Bonchev–Trinajstić information content (AvgIpc) is 3.83. The Bertz CT molecular complexity index is 3100. The van der Waals surface area contributed by atoms with Crippen LogP contribution in [0.2, 0.25) is 0 Å². The summed E-state index contributed by atoms with van der Waals surface area (Å²) in [5.74, 6) is 2.96. The quantitative estimate of drug-likeness (QED) is 0.125. The van der Waals surface area contributed by atoms with E-state index in [0.717, 1.165) is 106 Å². The molecule has 2 atom stereocenters. The highest BCUT2D eigenvalue weighted by atomic mass is 32.2. The van der Waals surface area contributed by atoms with Crippen LogP contribution in [0.3, 0.4) is 0 Å². The predicted octanol–water partition coefficient (Wildman–Crippen LogP) is 11.4. The van der Waals surface area contributed by atoms with Gasteiger partial charge in [-0.05, 0) is 78.7 Å². The van der Waals surface area contributed by atoms with Crippen molar-refractivity contribution < 1.29 is 18.3 Å². The zero-order valence-electron chi connectivity index (χ0n) is 28.2. The number of fused-ring (bicyclic) bond motifs is 21. The van der Waals surface area contributed by atoms with Crippen molar-refractivity contribution in [2.24, 2.45) is 5.92 Å². The van der Waals surface area contributed by atoms with Gasteiger partial charge in [-0.1, -0.05) is 66.7 Å². The van der Waals surface area contributed by atoms with Crippen LogP contribution in [0, 0.1) is 17.6 Å². The van der Waals surface area contributed by atoms with Gasteiger partial charge in [-0.3, -0.25) is 8.28 Å². The van der Waals surface area contributed by atoms with Crippen LogP contribution in [0.5, 0.6) is 17.2 Å². The molecule has 6 nitrogen and oxygen atoms in total. The molecule has 6 aromatic carbocycles. The highest BCUT2D eigenvalue weighted by Crippen LogP contribution is 2.69. The summed E-state index contributed by atoms with van der Waals surface area (Å²) in [4.78, 5) is 3.45. The molecule has 2 aromatic heterocycles. The maximum atomic E-state index is 15.7. The molecule has 0 bridgehead atoms. The first-order valence-electron chi connectivity index (χ1n) is 17.9. The van der Waals surface area contributed by atoms with Gasteiger partial charge in [0.1, 0.15) is 28.9 Å². The van der Waals surface area contributed by atoms with Crippen molar-refractivity contribution in [2.45, 2.75) is 18.2 Å². The number of benzene rings is 6. The van der Waals surface area contributed by atoms with Crippen LogP contribution < -0.4 is 18.6 Å². The second-order valence-corrected chi connectivity index (χ2v) is 16.4. The molecule has 5 aliphatic rings. The van der Waals surface area contributed by atoms with Crippen molar-refractivity contribution >= 4 is 84.6 Å². The predicted molar refractivity (Wildman–Crippen MR) is 210 cm³/mol. The number of hydrogen-bond acceptors (Lipinski definition) is 4. The minimum Gasteiger partial charge on any atom is -0.460 e. The second kappa shape index (κ2) is 9.64. The molecule has 0 saturated heterocycles.